The molecule has 0 aromatic carbocycles. The predicted octanol–water partition coefficient (Wildman–Crippen LogP) is 2.59. The van der Waals surface area contributed by atoms with Gasteiger partial charge in [0.1, 0.15) is 11.3 Å². The fourth-order valence-electron chi connectivity index (χ4n) is 2.82. The zero-order valence-electron chi connectivity index (χ0n) is 15.3. The SMILES string of the molecule is CCNC(=NCc1ncc(CC)s1)N1CCN(Cc2ccon2)CC1.I. The monoisotopic (exact) mass is 490 g/mol. The van der Waals surface area contributed by atoms with Crippen LogP contribution in [0.1, 0.15) is 29.4 Å². The van der Waals surface area contributed by atoms with E-state index in [-0.39, 0.29) is 24.0 Å². The summed E-state index contributed by atoms with van der Waals surface area (Å²) < 4.78 is 4.91. The molecule has 9 heteroatoms. The van der Waals surface area contributed by atoms with Crippen molar-refractivity contribution >= 4 is 41.3 Å². The van der Waals surface area contributed by atoms with E-state index in [1.165, 1.54) is 4.88 Å². The van der Waals surface area contributed by atoms with Gasteiger partial charge < -0.3 is 14.7 Å². The molecule has 7 nitrogen and oxygen atoms in total. The summed E-state index contributed by atoms with van der Waals surface area (Å²) in [6.45, 7) is 10.5. The first-order valence-corrected chi connectivity index (χ1v) is 9.68. The van der Waals surface area contributed by atoms with Gasteiger partial charge in [0.15, 0.2) is 5.96 Å². The third-order valence-electron chi connectivity index (χ3n) is 4.20. The molecule has 1 aliphatic heterocycles. The smallest absolute Gasteiger partial charge is 0.194 e. The topological polar surface area (TPSA) is 69.8 Å². The first-order chi connectivity index (χ1) is 12.3. The van der Waals surface area contributed by atoms with Gasteiger partial charge in [0.05, 0.1) is 12.2 Å². The Bertz CT molecular complexity index is 667. The molecule has 0 amide bonds. The lowest BCUT2D eigenvalue weighted by Gasteiger charge is -2.36. The molecule has 2 aromatic heterocycles. The van der Waals surface area contributed by atoms with Crippen molar-refractivity contribution in [1.29, 1.82) is 0 Å². The number of piperazine rings is 1. The van der Waals surface area contributed by atoms with Crippen molar-refractivity contribution in [2.75, 3.05) is 32.7 Å². The van der Waals surface area contributed by atoms with Crippen LogP contribution in [0, 0.1) is 0 Å². The number of nitrogens with one attached hydrogen (secondary N) is 1. The Balaban J connectivity index is 0.00000243. The van der Waals surface area contributed by atoms with Crippen molar-refractivity contribution < 1.29 is 4.52 Å². The van der Waals surface area contributed by atoms with Crippen LogP contribution in [0.25, 0.3) is 0 Å². The number of hydrogen-bond donors (Lipinski definition) is 1. The predicted molar refractivity (Wildman–Crippen MR) is 115 cm³/mol. The van der Waals surface area contributed by atoms with E-state index < -0.39 is 0 Å². The number of guanidine groups is 1. The van der Waals surface area contributed by atoms with Crippen molar-refractivity contribution in [2.24, 2.45) is 4.99 Å². The van der Waals surface area contributed by atoms with E-state index in [0.29, 0.717) is 6.54 Å². The number of halogens is 1. The first-order valence-electron chi connectivity index (χ1n) is 8.87. The maximum absolute atomic E-state index is 4.91. The lowest BCUT2D eigenvalue weighted by molar-refractivity contribution is 0.169. The van der Waals surface area contributed by atoms with Gasteiger partial charge in [0, 0.05) is 56.4 Å². The molecule has 1 saturated heterocycles. The van der Waals surface area contributed by atoms with Gasteiger partial charge in [-0.15, -0.1) is 35.3 Å². The van der Waals surface area contributed by atoms with E-state index in [0.717, 1.165) is 62.4 Å². The van der Waals surface area contributed by atoms with Crippen LogP contribution in [0.3, 0.4) is 0 Å². The summed E-state index contributed by atoms with van der Waals surface area (Å²) >= 11 is 1.75. The van der Waals surface area contributed by atoms with Crippen LogP contribution in [-0.2, 0) is 19.5 Å². The Labute approximate surface area is 175 Å². The molecule has 0 aliphatic carbocycles. The highest BCUT2D eigenvalue weighted by Crippen LogP contribution is 2.14. The molecule has 1 fully saturated rings. The molecule has 0 bridgehead atoms. The molecule has 26 heavy (non-hydrogen) atoms. The maximum Gasteiger partial charge on any atom is 0.194 e. The van der Waals surface area contributed by atoms with Crippen LogP contribution in [-0.4, -0.2) is 58.6 Å². The van der Waals surface area contributed by atoms with E-state index in [9.17, 15) is 0 Å². The number of rotatable bonds is 6. The minimum absolute atomic E-state index is 0. The molecule has 0 atom stereocenters. The molecule has 3 heterocycles. The third kappa shape index (κ3) is 5.92. The van der Waals surface area contributed by atoms with Gasteiger partial charge in [-0.2, -0.15) is 0 Å². The zero-order chi connectivity index (χ0) is 17.5. The van der Waals surface area contributed by atoms with Crippen molar-refractivity contribution in [2.45, 2.75) is 33.4 Å². The normalized spacial score (nSPS) is 15.8. The molecule has 2 aromatic rings. The average Bonchev–Trinajstić information content (AvgIpc) is 3.31. The standard InChI is InChI=1S/C17H26N6OS.HI/c1-3-15-11-19-16(25-15)12-20-17(18-4-2)23-8-6-22(7-9-23)13-14-5-10-24-21-14;/h5,10-11H,3-4,6-9,12-13H2,1-2H3,(H,18,20);1H. The number of aryl methyl sites for hydroxylation is 1. The van der Waals surface area contributed by atoms with Crippen LogP contribution in [0.5, 0.6) is 0 Å². The summed E-state index contributed by atoms with van der Waals surface area (Å²) in [5.74, 6) is 0.983. The maximum atomic E-state index is 4.91. The Morgan fingerprint density at radius 2 is 2.12 bits per heavy atom. The highest BCUT2D eigenvalue weighted by Gasteiger charge is 2.20. The summed E-state index contributed by atoms with van der Waals surface area (Å²) in [4.78, 5) is 15.3. The van der Waals surface area contributed by atoms with Crippen molar-refractivity contribution in [3.05, 3.63) is 34.1 Å². The molecule has 144 valence electrons. The lowest BCUT2D eigenvalue weighted by Crippen LogP contribution is -2.52. The van der Waals surface area contributed by atoms with Gasteiger partial charge in [-0.05, 0) is 13.3 Å². The van der Waals surface area contributed by atoms with E-state index in [1.54, 1.807) is 17.6 Å². The van der Waals surface area contributed by atoms with Crippen LogP contribution >= 0.6 is 35.3 Å². The summed E-state index contributed by atoms with van der Waals surface area (Å²) in [5.41, 5.74) is 0.990. The lowest BCUT2D eigenvalue weighted by atomic mass is 10.3. The van der Waals surface area contributed by atoms with Crippen LogP contribution < -0.4 is 5.32 Å². The van der Waals surface area contributed by atoms with E-state index in [2.05, 4.69) is 39.1 Å². The zero-order valence-corrected chi connectivity index (χ0v) is 18.5. The second-order valence-electron chi connectivity index (χ2n) is 6.00. The highest BCUT2D eigenvalue weighted by molar-refractivity contribution is 14.0. The highest BCUT2D eigenvalue weighted by atomic mass is 127. The molecular weight excluding hydrogens is 463 g/mol. The number of hydrogen-bond acceptors (Lipinski definition) is 6. The second kappa shape index (κ2) is 10.8. The fourth-order valence-corrected chi connectivity index (χ4v) is 3.61. The van der Waals surface area contributed by atoms with Crippen LogP contribution in [0.4, 0.5) is 0 Å². The van der Waals surface area contributed by atoms with Gasteiger partial charge in [-0.3, -0.25) is 4.90 Å². The summed E-state index contributed by atoms with van der Waals surface area (Å²) in [5, 5.41) is 8.48. The number of aliphatic imine (C=N–C) groups is 1. The fraction of sp³-hybridized carbons (Fsp3) is 0.588. The average molecular weight is 490 g/mol. The van der Waals surface area contributed by atoms with Crippen LogP contribution in [0.15, 0.2) is 28.0 Å². The van der Waals surface area contributed by atoms with Gasteiger partial charge in [0.2, 0.25) is 0 Å². The Morgan fingerprint density at radius 1 is 1.31 bits per heavy atom. The second-order valence-corrected chi connectivity index (χ2v) is 7.20. The van der Waals surface area contributed by atoms with E-state index >= 15 is 0 Å². The minimum atomic E-state index is 0. The van der Waals surface area contributed by atoms with Crippen molar-refractivity contribution in [3.8, 4) is 0 Å². The molecule has 0 radical (unpaired) electrons. The molecule has 0 saturated carbocycles. The minimum Gasteiger partial charge on any atom is -0.364 e. The first kappa shape index (κ1) is 21.1. The van der Waals surface area contributed by atoms with Gasteiger partial charge >= 0.3 is 0 Å². The number of aromatic nitrogens is 2. The third-order valence-corrected chi connectivity index (χ3v) is 5.32. The molecule has 0 spiro atoms. The van der Waals surface area contributed by atoms with Crippen molar-refractivity contribution in [3.63, 3.8) is 0 Å². The summed E-state index contributed by atoms with van der Waals surface area (Å²) in [7, 11) is 0. The Morgan fingerprint density at radius 3 is 2.73 bits per heavy atom. The van der Waals surface area contributed by atoms with Crippen LogP contribution in [0.2, 0.25) is 0 Å². The molecule has 3 rings (SSSR count). The summed E-state index contributed by atoms with van der Waals surface area (Å²) in [6.07, 6.45) is 4.63. The molecule has 0 unspecified atom stereocenters. The van der Waals surface area contributed by atoms with Gasteiger partial charge in [-0.1, -0.05) is 12.1 Å². The quantitative estimate of drug-likeness (QED) is 0.382. The van der Waals surface area contributed by atoms with Gasteiger partial charge in [-0.25, -0.2) is 9.98 Å². The van der Waals surface area contributed by atoms with Gasteiger partial charge in [0.25, 0.3) is 0 Å². The largest absolute Gasteiger partial charge is 0.364 e. The Kier molecular flexibility index (Phi) is 8.79. The van der Waals surface area contributed by atoms with Crippen molar-refractivity contribution in [1.82, 2.24) is 25.3 Å². The molecular formula is C17H27IN6OS. The number of thiazole rings is 1. The van der Waals surface area contributed by atoms with E-state index in [4.69, 9.17) is 9.52 Å². The molecule has 1 aliphatic rings. The molecule has 1 N–H and O–H groups in total. The number of nitrogens with zero attached hydrogens (tertiary/aromatic N) is 5. The Hall–Kier alpha value is -1.20. The van der Waals surface area contributed by atoms with E-state index in [1.807, 2.05) is 12.3 Å². The summed E-state index contributed by atoms with van der Waals surface area (Å²) in [6, 6.07) is 1.93.